The van der Waals surface area contributed by atoms with Gasteiger partial charge in [0.1, 0.15) is 5.78 Å². The molecule has 0 radical (unpaired) electrons. The summed E-state index contributed by atoms with van der Waals surface area (Å²) in [6.45, 7) is 8.27. The summed E-state index contributed by atoms with van der Waals surface area (Å²) in [6.07, 6.45) is 2.31. The largest absolute Gasteiger partial charge is 0.493 e. The summed E-state index contributed by atoms with van der Waals surface area (Å²) in [5.41, 5.74) is 3.68. The molecular weight excluding hydrogens is 502 g/mol. The van der Waals surface area contributed by atoms with Gasteiger partial charge in [0.05, 0.1) is 31.3 Å². The summed E-state index contributed by atoms with van der Waals surface area (Å²) in [5, 5.41) is 0.660. The van der Waals surface area contributed by atoms with E-state index in [1.54, 1.807) is 7.11 Å². The van der Waals surface area contributed by atoms with Crippen LogP contribution in [0.4, 0.5) is 0 Å². The minimum atomic E-state index is -0.547. The SMILES string of the molecule is CCCOc1ccc([C@@H]2C(C(=O)O[C@@H](C)CC)=C(C)N=C3C[C@H](c4ccc(Cl)cc4)CC(=O)C32)cc1OC. The number of Topliss-reactive ketones (excluding diaryl/α,β-unsaturated/α-hetero) is 1. The van der Waals surface area contributed by atoms with Crippen molar-refractivity contribution in [2.24, 2.45) is 10.9 Å². The quantitative estimate of drug-likeness (QED) is 0.320. The first-order valence-electron chi connectivity index (χ1n) is 13.3. The zero-order valence-corrected chi connectivity index (χ0v) is 23.5. The molecular formula is C31H36ClNO5. The van der Waals surface area contributed by atoms with E-state index in [1.165, 1.54) is 0 Å². The van der Waals surface area contributed by atoms with Gasteiger partial charge in [0.25, 0.3) is 0 Å². The minimum Gasteiger partial charge on any atom is -0.493 e. The van der Waals surface area contributed by atoms with E-state index in [0.29, 0.717) is 53.7 Å². The lowest BCUT2D eigenvalue weighted by Gasteiger charge is -2.38. The van der Waals surface area contributed by atoms with Gasteiger partial charge in [0.15, 0.2) is 11.5 Å². The predicted molar refractivity (Wildman–Crippen MR) is 149 cm³/mol. The third kappa shape index (κ3) is 5.80. The summed E-state index contributed by atoms with van der Waals surface area (Å²) >= 11 is 6.09. The van der Waals surface area contributed by atoms with Crippen molar-refractivity contribution in [2.45, 2.75) is 71.3 Å². The number of hydrogen-bond acceptors (Lipinski definition) is 6. The van der Waals surface area contributed by atoms with E-state index < -0.39 is 17.8 Å². The highest BCUT2D eigenvalue weighted by Crippen LogP contribution is 2.47. The Hall–Kier alpha value is -3.12. The Kier molecular flexibility index (Phi) is 8.93. The lowest BCUT2D eigenvalue weighted by atomic mass is 9.66. The van der Waals surface area contributed by atoms with Gasteiger partial charge in [-0.05, 0) is 74.4 Å². The summed E-state index contributed by atoms with van der Waals surface area (Å²) in [6, 6.07) is 13.3. The number of esters is 1. The monoisotopic (exact) mass is 537 g/mol. The normalized spacial score (nSPS) is 21.9. The number of methoxy groups -OCH3 is 1. The van der Waals surface area contributed by atoms with E-state index in [9.17, 15) is 9.59 Å². The average molecular weight is 538 g/mol. The first kappa shape index (κ1) is 27.9. The number of carbonyl (C=O) groups is 2. The number of ketones is 1. The number of allylic oxidation sites excluding steroid dienone is 1. The highest BCUT2D eigenvalue weighted by atomic mass is 35.5. The molecule has 202 valence electrons. The van der Waals surface area contributed by atoms with Crippen LogP contribution >= 0.6 is 11.6 Å². The van der Waals surface area contributed by atoms with Gasteiger partial charge in [0.2, 0.25) is 0 Å². The molecule has 0 spiro atoms. The molecule has 0 N–H and O–H groups in total. The van der Waals surface area contributed by atoms with E-state index in [0.717, 1.165) is 23.3 Å². The first-order valence-corrected chi connectivity index (χ1v) is 13.7. The smallest absolute Gasteiger partial charge is 0.336 e. The minimum absolute atomic E-state index is 0.0104. The molecule has 0 saturated heterocycles. The number of hydrogen-bond donors (Lipinski definition) is 0. The van der Waals surface area contributed by atoms with Crippen LogP contribution in [0, 0.1) is 5.92 Å². The number of carbonyl (C=O) groups excluding carboxylic acids is 2. The third-order valence-corrected chi connectivity index (χ3v) is 7.66. The second-order valence-electron chi connectivity index (χ2n) is 10.1. The maximum atomic E-state index is 13.8. The van der Waals surface area contributed by atoms with Crippen molar-refractivity contribution in [3.8, 4) is 11.5 Å². The van der Waals surface area contributed by atoms with Crippen molar-refractivity contribution < 1.29 is 23.8 Å². The molecule has 2 aliphatic rings. The Morgan fingerprint density at radius 1 is 1.05 bits per heavy atom. The van der Waals surface area contributed by atoms with Crippen LogP contribution in [0.25, 0.3) is 0 Å². The van der Waals surface area contributed by atoms with Gasteiger partial charge in [0, 0.05) is 28.8 Å². The molecule has 1 fully saturated rings. The van der Waals surface area contributed by atoms with Crippen molar-refractivity contribution >= 4 is 29.1 Å². The Labute approximate surface area is 230 Å². The van der Waals surface area contributed by atoms with Gasteiger partial charge >= 0.3 is 5.97 Å². The average Bonchev–Trinajstić information content (AvgIpc) is 2.91. The Balaban J connectivity index is 1.78. The summed E-state index contributed by atoms with van der Waals surface area (Å²) in [7, 11) is 1.59. The molecule has 1 heterocycles. The molecule has 7 heteroatoms. The van der Waals surface area contributed by atoms with Crippen LogP contribution in [-0.4, -0.2) is 37.3 Å². The molecule has 0 bridgehead atoms. The standard InChI is InChI=1S/C31H36ClNO5/c1-6-14-37-26-13-10-21(17-27(26)36-5)29-28(31(35)38-18(3)7-2)19(4)33-24-15-22(16-25(34)30(24)29)20-8-11-23(32)12-9-20/h8-13,17-18,22,29-30H,6-7,14-16H2,1-5H3/t18-,22-,29+,30?/m0/s1. The zero-order chi connectivity index (χ0) is 27.4. The second kappa shape index (κ2) is 12.2. The van der Waals surface area contributed by atoms with Gasteiger partial charge in [-0.15, -0.1) is 0 Å². The molecule has 1 saturated carbocycles. The maximum absolute atomic E-state index is 13.8. The summed E-state index contributed by atoms with van der Waals surface area (Å²) in [4.78, 5) is 32.2. The van der Waals surface area contributed by atoms with E-state index in [1.807, 2.05) is 70.2 Å². The summed E-state index contributed by atoms with van der Waals surface area (Å²) < 4.78 is 17.3. The molecule has 1 aliphatic carbocycles. The van der Waals surface area contributed by atoms with Crippen molar-refractivity contribution in [3.63, 3.8) is 0 Å². The van der Waals surface area contributed by atoms with Gasteiger partial charge in [-0.25, -0.2) is 4.79 Å². The molecule has 4 atom stereocenters. The van der Waals surface area contributed by atoms with E-state index in [2.05, 4.69) is 0 Å². The maximum Gasteiger partial charge on any atom is 0.336 e. The van der Waals surface area contributed by atoms with Crippen LogP contribution in [0.15, 0.2) is 58.7 Å². The van der Waals surface area contributed by atoms with Gasteiger partial charge < -0.3 is 14.2 Å². The van der Waals surface area contributed by atoms with Crippen molar-refractivity contribution in [1.82, 2.24) is 0 Å². The molecule has 6 nitrogen and oxygen atoms in total. The highest BCUT2D eigenvalue weighted by Gasteiger charge is 2.46. The van der Waals surface area contributed by atoms with Gasteiger partial charge in [-0.2, -0.15) is 0 Å². The number of fused-ring (bicyclic) bond motifs is 1. The number of benzene rings is 2. The molecule has 0 aromatic heterocycles. The van der Waals surface area contributed by atoms with Crippen LogP contribution in [0.3, 0.4) is 0 Å². The predicted octanol–water partition coefficient (Wildman–Crippen LogP) is 7.05. The highest BCUT2D eigenvalue weighted by molar-refractivity contribution is 6.30. The van der Waals surface area contributed by atoms with Crippen LogP contribution in [0.5, 0.6) is 11.5 Å². The Bertz CT molecular complexity index is 1250. The van der Waals surface area contributed by atoms with Crippen molar-refractivity contribution in [3.05, 3.63) is 69.9 Å². The topological polar surface area (TPSA) is 74.2 Å². The van der Waals surface area contributed by atoms with Crippen LogP contribution in [0.2, 0.25) is 5.02 Å². The van der Waals surface area contributed by atoms with E-state index >= 15 is 0 Å². The third-order valence-electron chi connectivity index (χ3n) is 7.41. The molecule has 38 heavy (non-hydrogen) atoms. The number of aliphatic imine (C=N–C) groups is 1. The lowest BCUT2D eigenvalue weighted by molar-refractivity contribution is -0.144. The van der Waals surface area contributed by atoms with E-state index in [4.69, 9.17) is 30.8 Å². The second-order valence-corrected chi connectivity index (χ2v) is 10.5. The number of ether oxygens (including phenoxy) is 3. The van der Waals surface area contributed by atoms with Crippen molar-refractivity contribution in [2.75, 3.05) is 13.7 Å². The number of halogens is 1. The molecule has 4 rings (SSSR count). The summed E-state index contributed by atoms with van der Waals surface area (Å²) in [5.74, 6) is -0.231. The Morgan fingerprint density at radius 3 is 2.42 bits per heavy atom. The van der Waals surface area contributed by atoms with Crippen LogP contribution < -0.4 is 9.47 Å². The molecule has 2 aromatic carbocycles. The zero-order valence-electron chi connectivity index (χ0n) is 22.8. The fourth-order valence-electron chi connectivity index (χ4n) is 5.31. The van der Waals surface area contributed by atoms with Gasteiger partial charge in [-0.3, -0.25) is 9.79 Å². The number of rotatable bonds is 9. The fourth-order valence-corrected chi connectivity index (χ4v) is 5.44. The van der Waals surface area contributed by atoms with Gasteiger partial charge in [-0.1, -0.05) is 43.6 Å². The Morgan fingerprint density at radius 2 is 1.76 bits per heavy atom. The fraction of sp³-hybridized carbons (Fsp3) is 0.452. The van der Waals surface area contributed by atoms with Crippen LogP contribution in [0.1, 0.15) is 76.3 Å². The first-order chi connectivity index (χ1) is 18.3. The van der Waals surface area contributed by atoms with Crippen molar-refractivity contribution in [1.29, 1.82) is 0 Å². The number of nitrogens with zero attached hydrogens (tertiary/aromatic N) is 1. The molecule has 0 amide bonds. The lowest BCUT2D eigenvalue weighted by Crippen LogP contribution is -2.41. The molecule has 1 aliphatic heterocycles. The molecule has 2 aromatic rings. The van der Waals surface area contributed by atoms with E-state index in [-0.39, 0.29) is 17.8 Å². The van der Waals surface area contributed by atoms with Crippen LogP contribution in [-0.2, 0) is 14.3 Å². The molecule has 1 unspecified atom stereocenters.